The van der Waals surface area contributed by atoms with E-state index < -0.39 is 0 Å². The van der Waals surface area contributed by atoms with E-state index in [1.807, 2.05) is 12.1 Å². The van der Waals surface area contributed by atoms with Crippen LogP contribution in [0.5, 0.6) is 5.88 Å². The zero-order chi connectivity index (χ0) is 22.3. The molecule has 2 aliphatic carbocycles. The number of para-hydroxylation sites is 1. The Balaban J connectivity index is 1.51. The summed E-state index contributed by atoms with van der Waals surface area (Å²) >= 11 is 1.52. The van der Waals surface area contributed by atoms with Gasteiger partial charge in [0.2, 0.25) is 11.0 Å². The van der Waals surface area contributed by atoms with Gasteiger partial charge in [-0.2, -0.15) is 4.98 Å². The van der Waals surface area contributed by atoms with Crippen molar-refractivity contribution < 1.29 is 4.74 Å². The Morgan fingerprint density at radius 3 is 2.97 bits per heavy atom. The van der Waals surface area contributed by atoms with E-state index >= 15 is 0 Å². The summed E-state index contributed by atoms with van der Waals surface area (Å²) in [6.07, 6.45) is 8.95. The molecule has 1 aromatic heterocycles. The maximum Gasteiger partial charge on any atom is 0.247 e. The molecule has 0 spiro atoms. The first-order chi connectivity index (χ1) is 15.5. The molecule has 0 unspecified atom stereocenters. The fourth-order valence-corrected chi connectivity index (χ4v) is 6.16. The van der Waals surface area contributed by atoms with Crippen LogP contribution in [-0.2, 0) is 0 Å². The summed E-state index contributed by atoms with van der Waals surface area (Å²) in [5.41, 5.74) is 4.73. The van der Waals surface area contributed by atoms with Crippen LogP contribution in [0.4, 0.5) is 5.69 Å². The summed E-state index contributed by atoms with van der Waals surface area (Å²) in [5.74, 6) is 2.84. The van der Waals surface area contributed by atoms with Crippen molar-refractivity contribution in [1.82, 2.24) is 15.2 Å². The quantitative estimate of drug-likeness (QED) is 0.434. The van der Waals surface area contributed by atoms with Crippen molar-refractivity contribution >= 4 is 17.4 Å². The zero-order valence-electron chi connectivity index (χ0n) is 19.2. The Morgan fingerprint density at radius 2 is 2.12 bits per heavy atom. The highest BCUT2D eigenvalue weighted by Crippen LogP contribution is 2.52. The molecule has 1 aliphatic heterocycles. The van der Waals surface area contributed by atoms with E-state index in [1.165, 1.54) is 24.6 Å². The standard InChI is InChI=1S/C26H32N4OS/c1-5-13-32-25-28-24-22(29-30-25)18-10-6-7-11-21(18)27-23(31-24)19-15-20-17(14-16(19)2)9-8-12-26(20,3)4/h5-7,9-11,16,19-20,23,27H,1,8,12-15H2,2-4H3/t16-,19-,20-,23-/m1/s1. The van der Waals surface area contributed by atoms with Crippen molar-refractivity contribution in [2.75, 3.05) is 11.1 Å². The Bertz CT molecular complexity index is 1050. The molecule has 1 saturated carbocycles. The first-order valence-corrected chi connectivity index (χ1v) is 12.6. The van der Waals surface area contributed by atoms with Gasteiger partial charge in [-0.05, 0) is 49.0 Å². The van der Waals surface area contributed by atoms with Crippen molar-refractivity contribution in [3.05, 3.63) is 48.6 Å². The monoisotopic (exact) mass is 448 g/mol. The predicted molar refractivity (Wildman–Crippen MR) is 131 cm³/mol. The van der Waals surface area contributed by atoms with Crippen LogP contribution < -0.4 is 10.1 Å². The van der Waals surface area contributed by atoms with Crippen molar-refractivity contribution in [2.24, 2.45) is 23.2 Å². The Morgan fingerprint density at radius 1 is 1.28 bits per heavy atom. The third kappa shape index (κ3) is 3.94. The molecular formula is C26H32N4OS. The number of nitrogens with zero attached hydrogens (tertiary/aromatic N) is 3. The molecule has 1 aromatic carbocycles. The molecule has 0 radical (unpaired) electrons. The number of ether oxygens (including phenoxy) is 1. The van der Waals surface area contributed by atoms with Gasteiger partial charge in [-0.1, -0.05) is 68.5 Å². The summed E-state index contributed by atoms with van der Waals surface area (Å²) in [7, 11) is 0. The van der Waals surface area contributed by atoms with Gasteiger partial charge in [0.15, 0.2) is 11.9 Å². The SMILES string of the molecule is C=CCSc1nnc2c(n1)O[C@H]([C@@H]1C[C@@H]3C(=CCCC3(C)C)C[C@H]1C)Nc1ccccc1-2. The molecule has 2 aromatic rings. The highest BCUT2D eigenvalue weighted by atomic mass is 32.2. The van der Waals surface area contributed by atoms with Crippen LogP contribution in [0.3, 0.4) is 0 Å². The fourth-order valence-electron chi connectivity index (χ4n) is 5.65. The van der Waals surface area contributed by atoms with Gasteiger partial charge in [0.05, 0.1) is 0 Å². The minimum Gasteiger partial charge on any atom is -0.452 e. The maximum atomic E-state index is 6.63. The first kappa shape index (κ1) is 21.5. The normalized spacial score (nSPS) is 28.0. The smallest absolute Gasteiger partial charge is 0.247 e. The van der Waals surface area contributed by atoms with Crippen LogP contribution in [0.1, 0.15) is 46.5 Å². The predicted octanol–water partition coefficient (Wildman–Crippen LogP) is 6.36. The third-order valence-electron chi connectivity index (χ3n) is 7.46. The number of nitrogens with one attached hydrogen (secondary N) is 1. The van der Waals surface area contributed by atoms with Crippen LogP contribution in [0.2, 0.25) is 0 Å². The molecule has 3 aliphatic rings. The van der Waals surface area contributed by atoms with Crippen molar-refractivity contribution in [2.45, 2.75) is 57.8 Å². The van der Waals surface area contributed by atoms with E-state index in [4.69, 9.17) is 9.72 Å². The summed E-state index contributed by atoms with van der Waals surface area (Å²) < 4.78 is 6.63. The van der Waals surface area contributed by atoms with Gasteiger partial charge in [-0.25, -0.2) is 0 Å². The largest absolute Gasteiger partial charge is 0.452 e. The molecule has 5 rings (SSSR count). The molecule has 0 amide bonds. The van der Waals surface area contributed by atoms with Gasteiger partial charge in [0.25, 0.3) is 0 Å². The third-order valence-corrected chi connectivity index (χ3v) is 8.29. The van der Waals surface area contributed by atoms with E-state index in [0.29, 0.717) is 39.9 Å². The zero-order valence-corrected chi connectivity index (χ0v) is 20.0. The molecule has 0 bridgehead atoms. The minimum atomic E-state index is -0.152. The van der Waals surface area contributed by atoms with Crippen molar-refractivity contribution in [3.63, 3.8) is 0 Å². The summed E-state index contributed by atoms with van der Waals surface area (Å²) in [4.78, 5) is 4.76. The average molecular weight is 449 g/mol. The number of benzene rings is 1. The van der Waals surface area contributed by atoms with E-state index in [0.717, 1.165) is 29.8 Å². The summed E-state index contributed by atoms with van der Waals surface area (Å²) in [6, 6.07) is 8.25. The van der Waals surface area contributed by atoms with Gasteiger partial charge in [-0.15, -0.1) is 16.8 Å². The van der Waals surface area contributed by atoms with Crippen LogP contribution in [0.15, 0.2) is 53.7 Å². The molecule has 5 nitrogen and oxygen atoms in total. The lowest BCUT2D eigenvalue weighted by Crippen LogP contribution is -2.45. The number of fused-ring (bicyclic) bond motifs is 4. The Kier molecular flexibility index (Phi) is 5.74. The fraction of sp³-hybridized carbons (Fsp3) is 0.500. The van der Waals surface area contributed by atoms with E-state index in [1.54, 1.807) is 5.57 Å². The number of anilines is 1. The molecule has 1 N–H and O–H groups in total. The van der Waals surface area contributed by atoms with Crippen molar-refractivity contribution in [3.8, 4) is 17.1 Å². The number of aromatic nitrogens is 3. The summed E-state index contributed by atoms with van der Waals surface area (Å²) in [5, 5.41) is 13.2. The second kappa shape index (κ2) is 8.54. The summed E-state index contributed by atoms with van der Waals surface area (Å²) in [6.45, 7) is 11.0. The minimum absolute atomic E-state index is 0.152. The first-order valence-electron chi connectivity index (χ1n) is 11.7. The molecule has 2 heterocycles. The second-order valence-corrected chi connectivity index (χ2v) is 11.0. The number of thioether (sulfide) groups is 1. The van der Waals surface area contributed by atoms with Gasteiger partial charge in [0.1, 0.15) is 0 Å². The lowest BCUT2D eigenvalue weighted by Gasteiger charge is -2.48. The highest BCUT2D eigenvalue weighted by Gasteiger charge is 2.44. The molecule has 0 saturated heterocycles. The van der Waals surface area contributed by atoms with Gasteiger partial charge in [0, 0.05) is 22.9 Å². The van der Waals surface area contributed by atoms with Crippen LogP contribution in [-0.4, -0.2) is 27.2 Å². The lowest BCUT2D eigenvalue weighted by molar-refractivity contribution is 0.0519. The average Bonchev–Trinajstić information content (AvgIpc) is 2.93. The lowest BCUT2D eigenvalue weighted by atomic mass is 9.59. The topological polar surface area (TPSA) is 59.9 Å². The highest BCUT2D eigenvalue weighted by molar-refractivity contribution is 7.99. The maximum absolute atomic E-state index is 6.63. The molecular weight excluding hydrogens is 416 g/mol. The molecule has 168 valence electrons. The van der Waals surface area contributed by atoms with Crippen molar-refractivity contribution in [1.29, 1.82) is 0 Å². The molecule has 6 heteroatoms. The van der Waals surface area contributed by atoms with Gasteiger partial charge < -0.3 is 10.1 Å². The van der Waals surface area contributed by atoms with E-state index in [2.05, 4.69) is 67.1 Å². The number of hydrogen-bond donors (Lipinski definition) is 1. The van der Waals surface area contributed by atoms with Crippen LogP contribution >= 0.6 is 11.8 Å². The van der Waals surface area contributed by atoms with E-state index in [9.17, 15) is 0 Å². The number of hydrogen-bond acceptors (Lipinski definition) is 6. The Hall–Kier alpha value is -2.34. The van der Waals surface area contributed by atoms with E-state index in [-0.39, 0.29) is 6.23 Å². The van der Waals surface area contributed by atoms with Gasteiger partial charge in [-0.3, -0.25) is 0 Å². The molecule has 4 atom stereocenters. The van der Waals surface area contributed by atoms with Gasteiger partial charge >= 0.3 is 0 Å². The second-order valence-electron chi connectivity index (χ2n) is 10.0. The molecule has 32 heavy (non-hydrogen) atoms. The number of rotatable bonds is 4. The van der Waals surface area contributed by atoms with Crippen LogP contribution in [0.25, 0.3) is 11.3 Å². The van der Waals surface area contributed by atoms with Crippen LogP contribution in [0, 0.1) is 23.2 Å². The molecule has 1 fully saturated rings. The Labute approximate surface area is 195 Å². The number of allylic oxidation sites excluding steroid dienone is 2.